The van der Waals surface area contributed by atoms with Crippen LogP contribution in [0.4, 0.5) is 5.69 Å². The fourth-order valence-corrected chi connectivity index (χ4v) is 3.19. The number of ether oxygens (including phenoxy) is 2. The highest BCUT2D eigenvalue weighted by Crippen LogP contribution is 2.32. The van der Waals surface area contributed by atoms with Crippen LogP contribution in [0.2, 0.25) is 0 Å². The highest BCUT2D eigenvalue weighted by Gasteiger charge is 2.26. The average molecular weight is 363 g/mol. The predicted molar refractivity (Wildman–Crippen MR) is 103 cm³/mol. The van der Waals surface area contributed by atoms with Gasteiger partial charge in [-0.05, 0) is 49.7 Å². The van der Waals surface area contributed by atoms with Crippen molar-refractivity contribution in [2.45, 2.75) is 20.5 Å². The van der Waals surface area contributed by atoms with Crippen molar-refractivity contribution < 1.29 is 18.7 Å². The van der Waals surface area contributed by atoms with Gasteiger partial charge in [-0.1, -0.05) is 29.8 Å². The molecule has 1 aromatic heterocycles. The molecule has 27 heavy (non-hydrogen) atoms. The van der Waals surface area contributed by atoms with Gasteiger partial charge >= 0.3 is 0 Å². The molecule has 5 nitrogen and oxygen atoms in total. The van der Waals surface area contributed by atoms with Crippen LogP contribution in [0.25, 0.3) is 0 Å². The summed E-state index contributed by atoms with van der Waals surface area (Å²) in [7, 11) is 0. The Hall–Kier alpha value is -3.21. The highest BCUT2D eigenvalue weighted by molar-refractivity contribution is 6.05. The Morgan fingerprint density at radius 2 is 1.96 bits per heavy atom. The van der Waals surface area contributed by atoms with Gasteiger partial charge in [0.05, 0.1) is 12.2 Å². The second-order valence-electron chi connectivity index (χ2n) is 6.60. The summed E-state index contributed by atoms with van der Waals surface area (Å²) in [5.41, 5.74) is 3.03. The summed E-state index contributed by atoms with van der Waals surface area (Å²) >= 11 is 0. The lowest BCUT2D eigenvalue weighted by molar-refractivity contribution is 0.0945. The van der Waals surface area contributed by atoms with Gasteiger partial charge in [0.25, 0.3) is 5.91 Å². The zero-order chi connectivity index (χ0) is 18.8. The molecule has 4 rings (SSSR count). The summed E-state index contributed by atoms with van der Waals surface area (Å²) in [6.45, 7) is 5.29. The molecule has 0 saturated carbocycles. The molecule has 1 amide bonds. The van der Waals surface area contributed by atoms with E-state index in [9.17, 15) is 4.79 Å². The first kappa shape index (κ1) is 17.2. The van der Waals surface area contributed by atoms with E-state index in [1.807, 2.05) is 50.2 Å². The maximum atomic E-state index is 12.9. The number of aryl methyl sites for hydroxylation is 2. The van der Waals surface area contributed by atoms with E-state index < -0.39 is 0 Å². The van der Waals surface area contributed by atoms with Crippen LogP contribution in [0.1, 0.15) is 27.4 Å². The Bertz CT molecular complexity index is 976. The molecule has 0 bridgehead atoms. The van der Waals surface area contributed by atoms with Crippen molar-refractivity contribution in [3.63, 3.8) is 0 Å². The number of carbonyl (C=O) groups excluding carboxylic acids is 1. The van der Waals surface area contributed by atoms with Crippen molar-refractivity contribution in [2.75, 3.05) is 18.1 Å². The van der Waals surface area contributed by atoms with Crippen molar-refractivity contribution >= 4 is 11.6 Å². The van der Waals surface area contributed by atoms with Gasteiger partial charge in [-0.2, -0.15) is 0 Å². The van der Waals surface area contributed by atoms with Crippen molar-refractivity contribution in [2.24, 2.45) is 0 Å². The molecule has 0 spiro atoms. The van der Waals surface area contributed by atoms with E-state index in [1.165, 1.54) is 5.56 Å². The molecule has 0 aliphatic carbocycles. The lowest BCUT2D eigenvalue weighted by Gasteiger charge is -2.28. The Morgan fingerprint density at radius 3 is 2.81 bits per heavy atom. The van der Waals surface area contributed by atoms with Gasteiger partial charge in [-0.25, -0.2) is 0 Å². The summed E-state index contributed by atoms with van der Waals surface area (Å²) in [6.07, 6.45) is 0. The summed E-state index contributed by atoms with van der Waals surface area (Å²) in [5.74, 6) is 2.25. The normalized spacial score (nSPS) is 13.0. The summed E-state index contributed by atoms with van der Waals surface area (Å²) in [4.78, 5) is 14.6. The molecule has 5 heteroatoms. The van der Waals surface area contributed by atoms with E-state index in [4.69, 9.17) is 13.9 Å². The Labute approximate surface area is 158 Å². The van der Waals surface area contributed by atoms with E-state index in [0.29, 0.717) is 30.4 Å². The highest BCUT2D eigenvalue weighted by atomic mass is 16.5. The maximum Gasteiger partial charge on any atom is 0.294 e. The van der Waals surface area contributed by atoms with Crippen LogP contribution in [-0.2, 0) is 6.61 Å². The topological polar surface area (TPSA) is 51.9 Å². The number of nitrogens with zero attached hydrogens (tertiary/aromatic N) is 1. The first-order valence-corrected chi connectivity index (χ1v) is 8.94. The van der Waals surface area contributed by atoms with Crippen molar-refractivity contribution in [3.8, 4) is 11.5 Å². The van der Waals surface area contributed by atoms with Crippen LogP contribution in [0.5, 0.6) is 11.5 Å². The van der Waals surface area contributed by atoms with E-state index >= 15 is 0 Å². The molecule has 2 aromatic carbocycles. The Balaban J connectivity index is 1.47. The van der Waals surface area contributed by atoms with Crippen molar-refractivity contribution in [1.29, 1.82) is 0 Å². The quantitative estimate of drug-likeness (QED) is 0.684. The van der Waals surface area contributed by atoms with Gasteiger partial charge in [0.1, 0.15) is 30.5 Å². The standard InChI is InChI=1S/C22H21NO4/c1-15-7-9-19(16(2)13-15)26-14-17-8-10-21(27-17)22(24)23-11-12-25-20-6-4-3-5-18(20)23/h3-10,13H,11-12,14H2,1-2H3. The van der Waals surface area contributed by atoms with Gasteiger partial charge < -0.3 is 13.9 Å². The number of furan rings is 1. The second-order valence-corrected chi connectivity index (χ2v) is 6.60. The van der Waals surface area contributed by atoms with E-state index in [2.05, 4.69) is 6.07 Å². The van der Waals surface area contributed by atoms with Gasteiger partial charge in [-0.3, -0.25) is 9.69 Å². The molecular weight excluding hydrogens is 342 g/mol. The molecule has 0 N–H and O–H groups in total. The van der Waals surface area contributed by atoms with E-state index in [-0.39, 0.29) is 12.5 Å². The molecule has 0 radical (unpaired) electrons. The molecule has 0 saturated heterocycles. The second kappa shape index (κ2) is 7.19. The fourth-order valence-electron chi connectivity index (χ4n) is 3.19. The lowest BCUT2D eigenvalue weighted by atomic mass is 10.1. The van der Waals surface area contributed by atoms with E-state index in [0.717, 1.165) is 17.0 Å². The van der Waals surface area contributed by atoms with Gasteiger partial charge in [0.2, 0.25) is 0 Å². The molecule has 1 aliphatic heterocycles. The minimum absolute atomic E-state index is 0.177. The largest absolute Gasteiger partial charge is 0.490 e. The zero-order valence-electron chi connectivity index (χ0n) is 15.4. The van der Waals surface area contributed by atoms with E-state index in [1.54, 1.807) is 17.0 Å². The molecule has 0 atom stereocenters. The van der Waals surface area contributed by atoms with Crippen LogP contribution in [-0.4, -0.2) is 19.1 Å². The van der Waals surface area contributed by atoms with Crippen LogP contribution in [0.15, 0.2) is 59.0 Å². The SMILES string of the molecule is Cc1ccc(OCc2ccc(C(=O)N3CCOc4ccccc43)o2)c(C)c1. The van der Waals surface area contributed by atoms with Crippen molar-refractivity contribution in [1.82, 2.24) is 0 Å². The smallest absolute Gasteiger partial charge is 0.294 e. The lowest BCUT2D eigenvalue weighted by Crippen LogP contribution is -2.37. The predicted octanol–water partition coefficient (Wildman–Crippen LogP) is 4.51. The molecular formula is C22H21NO4. The number of carbonyl (C=O) groups is 1. The first-order valence-electron chi connectivity index (χ1n) is 8.94. The molecule has 0 unspecified atom stereocenters. The Morgan fingerprint density at radius 1 is 1.11 bits per heavy atom. The maximum absolute atomic E-state index is 12.9. The average Bonchev–Trinajstić information content (AvgIpc) is 3.15. The molecule has 3 aromatic rings. The number of para-hydroxylation sites is 2. The minimum Gasteiger partial charge on any atom is -0.490 e. The minimum atomic E-state index is -0.177. The number of anilines is 1. The van der Waals surface area contributed by atoms with Crippen molar-refractivity contribution in [3.05, 3.63) is 77.2 Å². The van der Waals surface area contributed by atoms with Crippen LogP contribution < -0.4 is 14.4 Å². The summed E-state index contributed by atoms with van der Waals surface area (Å²) in [6, 6.07) is 17.0. The third-order valence-electron chi connectivity index (χ3n) is 4.55. The number of hydrogen-bond acceptors (Lipinski definition) is 4. The number of fused-ring (bicyclic) bond motifs is 1. The fraction of sp³-hybridized carbons (Fsp3) is 0.227. The number of rotatable bonds is 4. The third-order valence-corrected chi connectivity index (χ3v) is 4.55. The molecule has 2 heterocycles. The van der Waals surface area contributed by atoms with Crippen LogP contribution in [0.3, 0.4) is 0 Å². The van der Waals surface area contributed by atoms with Gasteiger partial charge in [0.15, 0.2) is 5.76 Å². The number of hydrogen-bond donors (Lipinski definition) is 0. The monoisotopic (exact) mass is 363 g/mol. The summed E-state index contributed by atoms with van der Waals surface area (Å²) in [5, 5.41) is 0. The van der Waals surface area contributed by atoms with Gasteiger partial charge in [0, 0.05) is 0 Å². The van der Waals surface area contributed by atoms with Crippen LogP contribution in [0, 0.1) is 13.8 Å². The molecule has 0 fully saturated rings. The molecule has 138 valence electrons. The number of benzene rings is 2. The molecule has 1 aliphatic rings. The number of amides is 1. The zero-order valence-corrected chi connectivity index (χ0v) is 15.4. The van der Waals surface area contributed by atoms with Gasteiger partial charge in [-0.15, -0.1) is 0 Å². The first-order chi connectivity index (χ1) is 13.1. The van der Waals surface area contributed by atoms with Crippen LogP contribution >= 0.6 is 0 Å². The summed E-state index contributed by atoms with van der Waals surface area (Å²) < 4.78 is 17.2. The Kier molecular flexibility index (Phi) is 4.59. The third kappa shape index (κ3) is 3.53.